The third-order valence-corrected chi connectivity index (χ3v) is 5.53. The molecule has 3 nitrogen and oxygen atoms in total. The number of nitrogens with zero attached hydrogens (tertiary/aromatic N) is 1. The van der Waals surface area contributed by atoms with Gasteiger partial charge in [-0.2, -0.15) is 0 Å². The van der Waals surface area contributed by atoms with E-state index >= 15 is 0 Å². The fraction of sp³-hybridized carbons (Fsp3) is 0.667. The van der Waals surface area contributed by atoms with Crippen LogP contribution >= 0.6 is 0 Å². The highest BCUT2D eigenvalue weighted by Gasteiger charge is 2.48. The zero-order valence-electron chi connectivity index (χ0n) is 13.9. The van der Waals surface area contributed by atoms with Crippen molar-refractivity contribution in [1.82, 2.24) is 4.90 Å². The monoisotopic (exact) mass is 325 g/mol. The smallest absolute Gasteiger partial charge is 0.272 e. The molecule has 0 amide bonds. The maximum Gasteiger partial charge on any atom is 0.272 e. The Kier molecular flexibility index (Phi) is 4.76. The first-order chi connectivity index (χ1) is 11.1. The number of ether oxygens (including phenoxy) is 2. The number of rotatable bonds is 5. The van der Waals surface area contributed by atoms with Crippen LogP contribution in [0.15, 0.2) is 18.2 Å². The number of methoxy groups -OCH3 is 1. The Morgan fingerprint density at radius 1 is 1.26 bits per heavy atom. The zero-order chi connectivity index (χ0) is 16.4. The van der Waals surface area contributed by atoms with Gasteiger partial charge in [-0.3, -0.25) is 0 Å². The largest absolute Gasteiger partial charge is 0.493 e. The number of alkyl halides is 2. The molecule has 5 heteroatoms. The first kappa shape index (κ1) is 16.5. The SMILES string of the molecule is COc1ccc([C@@]23CCCCC2N(C)CC3)cc1OCC(F)F. The summed E-state index contributed by atoms with van der Waals surface area (Å²) in [6, 6.07) is 6.41. The van der Waals surface area contributed by atoms with E-state index < -0.39 is 13.0 Å². The van der Waals surface area contributed by atoms with Gasteiger partial charge in [0.2, 0.25) is 0 Å². The summed E-state index contributed by atoms with van der Waals surface area (Å²) in [7, 11) is 3.73. The minimum absolute atomic E-state index is 0.127. The molecule has 1 saturated heterocycles. The van der Waals surface area contributed by atoms with Crippen LogP contribution in [-0.2, 0) is 5.41 Å². The molecule has 1 aromatic rings. The summed E-state index contributed by atoms with van der Waals surface area (Å²) < 4.78 is 35.6. The van der Waals surface area contributed by atoms with E-state index in [-0.39, 0.29) is 5.41 Å². The number of fused-ring (bicyclic) bond motifs is 1. The summed E-state index contributed by atoms with van der Waals surface area (Å²) in [5.74, 6) is 0.947. The molecule has 1 saturated carbocycles. The van der Waals surface area contributed by atoms with Crippen LogP contribution in [0.1, 0.15) is 37.7 Å². The van der Waals surface area contributed by atoms with Gasteiger partial charge < -0.3 is 14.4 Å². The van der Waals surface area contributed by atoms with Gasteiger partial charge >= 0.3 is 0 Å². The highest BCUT2D eigenvalue weighted by molar-refractivity contribution is 5.46. The van der Waals surface area contributed by atoms with Crippen LogP contribution in [0.25, 0.3) is 0 Å². The Labute approximate surface area is 136 Å². The normalized spacial score (nSPS) is 28.0. The first-order valence-corrected chi connectivity index (χ1v) is 8.36. The van der Waals surface area contributed by atoms with Crippen molar-refractivity contribution in [2.75, 3.05) is 27.3 Å². The van der Waals surface area contributed by atoms with E-state index in [1.54, 1.807) is 0 Å². The zero-order valence-corrected chi connectivity index (χ0v) is 13.9. The predicted molar refractivity (Wildman–Crippen MR) is 85.7 cm³/mol. The predicted octanol–water partition coefficient (Wildman–Crippen LogP) is 3.86. The fourth-order valence-corrected chi connectivity index (χ4v) is 4.42. The first-order valence-electron chi connectivity index (χ1n) is 8.36. The van der Waals surface area contributed by atoms with Crippen LogP contribution < -0.4 is 9.47 Å². The van der Waals surface area contributed by atoms with E-state index in [4.69, 9.17) is 9.47 Å². The molecule has 0 N–H and O–H groups in total. The molecule has 0 bridgehead atoms. The Morgan fingerprint density at radius 3 is 2.83 bits per heavy atom. The molecule has 23 heavy (non-hydrogen) atoms. The van der Waals surface area contributed by atoms with Crippen LogP contribution in [0.2, 0.25) is 0 Å². The standard InChI is InChI=1S/C18H25F2NO2/c1-21-10-9-18(8-4-3-5-16(18)21)13-6-7-14(22-2)15(11-13)23-12-17(19)20/h6-7,11,16-17H,3-5,8-10,12H2,1-2H3/t16?,18-/m0/s1. The third kappa shape index (κ3) is 3.03. The Bertz CT molecular complexity index is 548. The second-order valence-electron chi connectivity index (χ2n) is 6.72. The number of likely N-dealkylation sites (tertiary alicyclic amines) is 1. The van der Waals surface area contributed by atoms with Gasteiger partial charge in [0.1, 0.15) is 6.61 Å². The van der Waals surface area contributed by atoms with Gasteiger partial charge in [0.25, 0.3) is 6.43 Å². The van der Waals surface area contributed by atoms with Gasteiger partial charge in [0.15, 0.2) is 11.5 Å². The van der Waals surface area contributed by atoms with Crippen LogP contribution in [0.4, 0.5) is 8.78 Å². The summed E-state index contributed by atoms with van der Waals surface area (Å²) in [6.07, 6.45) is 3.49. The molecule has 1 heterocycles. The summed E-state index contributed by atoms with van der Waals surface area (Å²) in [4.78, 5) is 2.45. The van der Waals surface area contributed by atoms with E-state index in [2.05, 4.69) is 18.0 Å². The van der Waals surface area contributed by atoms with E-state index in [0.717, 1.165) is 19.4 Å². The molecular formula is C18H25F2NO2. The van der Waals surface area contributed by atoms with Crippen LogP contribution in [-0.4, -0.2) is 44.7 Å². The molecule has 1 aliphatic carbocycles. The highest BCUT2D eigenvalue weighted by Crippen LogP contribution is 2.49. The summed E-state index contributed by atoms with van der Waals surface area (Å²) in [6.45, 7) is 0.486. The van der Waals surface area contributed by atoms with Crippen LogP contribution in [0.3, 0.4) is 0 Å². The van der Waals surface area contributed by atoms with E-state index in [1.807, 2.05) is 12.1 Å². The number of likely N-dealkylation sites (N-methyl/N-ethyl adjacent to an activating group) is 1. The van der Waals surface area contributed by atoms with E-state index in [9.17, 15) is 8.78 Å². The fourth-order valence-electron chi connectivity index (χ4n) is 4.42. The third-order valence-electron chi connectivity index (χ3n) is 5.53. The van der Waals surface area contributed by atoms with Gasteiger partial charge in [-0.05, 0) is 50.6 Å². The van der Waals surface area contributed by atoms with Gasteiger partial charge in [-0.15, -0.1) is 0 Å². The van der Waals surface area contributed by atoms with Gasteiger partial charge in [-0.1, -0.05) is 18.9 Å². The summed E-state index contributed by atoms with van der Waals surface area (Å²) in [5.41, 5.74) is 1.33. The number of benzene rings is 1. The van der Waals surface area contributed by atoms with Crippen molar-refractivity contribution < 1.29 is 18.3 Å². The number of hydrogen-bond acceptors (Lipinski definition) is 3. The van der Waals surface area contributed by atoms with Crippen molar-refractivity contribution in [3.05, 3.63) is 23.8 Å². The Morgan fingerprint density at radius 2 is 2.09 bits per heavy atom. The van der Waals surface area contributed by atoms with E-state index in [1.165, 1.54) is 31.9 Å². The molecule has 1 aliphatic heterocycles. The van der Waals surface area contributed by atoms with Crippen molar-refractivity contribution in [1.29, 1.82) is 0 Å². The molecule has 2 atom stereocenters. The summed E-state index contributed by atoms with van der Waals surface area (Å²) >= 11 is 0. The van der Waals surface area contributed by atoms with Gasteiger partial charge in [0, 0.05) is 11.5 Å². The molecule has 2 fully saturated rings. The van der Waals surface area contributed by atoms with Crippen molar-refractivity contribution in [2.45, 2.75) is 50.0 Å². The second-order valence-corrected chi connectivity index (χ2v) is 6.72. The molecule has 0 spiro atoms. The lowest BCUT2D eigenvalue weighted by atomic mass is 9.66. The van der Waals surface area contributed by atoms with Crippen LogP contribution in [0.5, 0.6) is 11.5 Å². The quantitative estimate of drug-likeness (QED) is 0.821. The molecule has 128 valence electrons. The molecule has 3 rings (SSSR count). The minimum Gasteiger partial charge on any atom is -0.493 e. The molecule has 0 radical (unpaired) electrons. The molecular weight excluding hydrogens is 300 g/mol. The van der Waals surface area contributed by atoms with Crippen molar-refractivity contribution in [3.8, 4) is 11.5 Å². The highest BCUT2D eigenvalue weighted by atomic mass is 19.3. The molecule has 2 aliphatic rings. The molecule has 0 aromatic heterocycles. The topological polar surface area (TPSA) is 21.7 Å². The summed E-state index contributed by atoms with van der Waals surface area (Å²) in [5, 5.41) is 0. The second kappa shape index (κ2) is 6.63. The Hall–Kier alpha value is -1.36. The van der Waals surface area contributed by atoms with Crippen molar-refractivity contribution in [2.24, 2.45) is 0 Å². The number of halogens is 2. The number of hydrogen-bond donors (Lipinski definition) is 0. The maximum absolute atomic E-state index is 12.5. The van der Waals surface area contributed by atoms with Crippen molar-refractivity contribution in [3.63, 3.8) is 0 Å². The average Bonchev–Trinajstić information content (AvgIpc) is 2.91. The van der Waals surface area contributed by atoms with E-state index in [0.29, 0.717) is 17.5 Å². The average molecular weight is 325 g/mol. The molecule has 1 unspecified atom stereocenters. The minimum atomic E-state index is -2.48. The molecule has 1 aromatic carbocycles. The lowest BCUT2D eigenvalue weighted by Gasteiger charge is -2.42. The maximum atomic E-state index is 12.5. The lowest BCUT2D eigenvalue weighted by molar-refractivity contribution is 0.0802. The van der Waals surface area contributed by atoms with Crippen LogP contribution in [0, 0.1) is 0 Å². The lowest BCUT2D eigenvalue weighted by Crippen LogP contribution is -2.43. The Balaban J connectivity index is 1.93. The van der Waals surface area contributed by atoms with Gasteiger partial charge in [0.05, 0.1) is 7.11 Å². The van der Waals surface area contributed by atoms with Crippen molar-refractivity contribution >= 4 is 0 Å². The van der Waals surface area contributed by atoms with Gasteiger partial charge in [-0.25, -0.2) is 8.78 Å².